The van der Waals surface area contributed by atoms with E-state index in [0.717, 1.165) is 6.54 Å². The quantitative estimate of drug-likeness (QED) is 0.811. The van der Waals surface area contributed by atoms with Crippen molar-refractivity contribution in [3.63, 3.8) is 0 Å². The highest BCUT2D eigenvalue weighted by Crippen LogP contribution is 2.31. The summed E-state index contributed by atoms with van der Waals surface area (Å²) < 4.78 is 4.95. The topological polar surface area (TPSA) is 33.5 Å². The standard InChI is InChI=1S/C12H16ClNO2/c1-8(2)14(7-9-3-4-9)12(15)10-5-6-16-11(10)13/h5-6,8-9H,3-4,7H2,1-2H3. The lowest BCUT2D eigenvalue weighted by Crippen LogP contribution is -2.38. The molecule has 0 radical (unpaired) electrons. The third kappa shape index (κ3) is 2.40. The van der Waals surface area contributed by atoms with Crippen LogP contribution >= 0.6 is 11.6 Å². The summed E-state index contributed by atoms with van der Waals surface area (Å²) in [5, 5.41) is 0.187. The minimum atomic E-state index is -0.0272. The van der Waals surface area contributed by atoms with Crippen molar-refractivity contribution in [1.82, 2.24) is 4.90 Å². The number of amides is 1. The van der Waals surface area contributed by atoms with Crippen molar-refractivity contribution in [2.24, 2.45) is 5.92 Å². The molecule has 0 spiro atoms. The van der Waals surface area contributed by atoms with Crippen LogP contribution in [0.4, 0.5) is 0 Å². The van der Waals surface area contributed by atoms with Gasteiger partial charge in [-0.25, -0.2) is 0 Å². The monoisotopic (exact) mass is 241 g/mol. The first-order valence-corrected chi connectivity index (χ1v) is 6.01. The molecule has 1 amide bonds. The Balaban J connectivity index is 2.13. The molecular weight excluding hydrogens is 226 g/mol. The van der Waals surface area contributed by atoms with Crippen LogP contribution in [0.25, 0.3) is 0 Å². The lowest BCUT2D eigenvalue weighted by molar-refractivity contribution is 0.0695. The number of halogens is 1. The second-order valence-electron chi connectivity index (χ2n) is 4.60. The normalized spacial score (nSPS) is 15.5. The summed E-state index contributed by atoms with van der Waals surface area (Å²) >= 11 is 5.82. The van der Waals surface area contributed by atoms with Crippen LogP contribution < -0.4 is 0 Å². The molecule has 1 saturated carbocycles. The zero-order valence-corrected chi connectivity index (χ0v) is 10.3. The summed E-state index contributed by atoms with van der Waals surface area (Å²) in [4.78, 5) is 14.1. The van der Waals surface area contributed by atoms with E-state index >= 15 is 0 Å². The number of hydrogen-bond donors (Lipinski definition) is 0. The molecule has 1 heterocycles. The first-order valence-electron chi connectivity index (χ1n) is 5.63. The second-order valence-corrected chi connectivity index (χ2v) is 4.95. The number of carbonyl (C=O) groups is 1. The van der Waals surface area contributed by atoms with Gasteiger partial charge in [-0.2, -0.15) is 0 Å². The third-order valence-electron chi connectivity index (χ3n) is 2.88. The zero-order valence-electron chi connectivity index (χ0n) is 9.57. The summed E-state index contributed by atoms with van der Waals surface area (Å²) in [6, 6.07) is 1.83. The molecule has 0 saturated heterocycles. The number of hydrogen-bond acceptors (Lipinski definition) is 2. The average Bonchev–Trinajstić information content (AvgIpc) is 2.95. The van der Waals surface area contributed by atoms with Crippen LogP contribution in [0, 0.1) is 5.92 Å². The number of nitrogens with zero attached hydrogens (tertiary/aromatic N) is 1. The Kier molecular flexibility index (Phi) is 3.24. The van der Waals surface area contributed by atoms with Gasteiger partial charge < -0.3 is 9.32 Å². The Morgan fingerprint density at radius 2 is 2.31 bits per heavy atom. The van der Waals surface area contributed by atoms with Gasteiger partial charge in [0.25, 0.3) is 5.91 Å². The van der Waals surface area contributed by atoms with E-state index in [-0.39, 0.29) is 17.2 Å². The van der Waals surface area contributed by atoms with Crippen molar-refractivity contribution in [3.05, 3.63) is 23.1 Å². The van der Waals surface area contributed by atoms with Crippen LogP contribution in [-0.4, -0.2) is 23.4 Å². The highest BCUT2D eigenvalue weighted by Gasteiger charge is 2.29. The highest BCUT2D eigenvalue weighted by molar-refractivity contribution is 6.32. The minimum Gasteiger partial charge on any atom is -0.452 e. The first-order chi connectivity index (χ1) is 7.59. The van der Waals surface area contributed by atoms with E-state index < -0.39 is 0 Å². The van der Waals surface area contributed by atoms with Crippen LogP contribution in [-0.2, 0) is 0 Å². The van der Waals surface area contributed by atoms with Crippen LogP contribution in [0.5, 0.6) is 0 Å². The first kappa shape index (κ1) is 11.5. The lowest BCUT2D eigenvalue weighted by Gasteiger charge is -2.26. The molecule has 1 aromatic heterocycles. The fraction of sp³-hybridized carbons (Fsp3) is 0.583. The summed E-state index contributed by atoms with van der Waals surface area (Å²) in [7, 11) is 0. The van der Waals surface area contributed by atoms with E-state index in [1.165, 1.54) is 19.1 Å². The molecule has 4 heteroatoms. The largest absolute Gasteiger partial charge is 0.452 e. The van der Waals surface area contributed by atoms with Gasteiger partial charge in [0.15, 0.2) is 0 Å². The van der Waals surface area contributed by atoms with Gasteiger partial charge in [0, 0.05) is 12.6 Å². The van der Waals surface area contributed by atoms with Crippen molar-refractivity contribution in [2.45, 2.75) is 32.7 Å². The number of rotatable bonds is 4. The SMILES string of the molecule is CC(C)N(CC1CC1)C(=O)c1ccoc1Cl. The van der Waals surface area contributed by atoms with Crippen LogP contribution in [0.2, 0.25) is 5.22 Å². The molecule has 3 nitrogen and oxygen atoms in total. The van der Waals surface area contributed by atoms with Crippen molar-refractivity contribution in [1.29, 1.82) is 0 Å². The third-order valence-corrected chi connectivity index (χ3v) is 3.18. The molecule has 2 rings (SSSR count). The average molecular weight is 242 g/mol. The molecule has 1 aromatic rings. The minimum absolute atomic E-state index is 0.0272. The van der Waals surface area contributed by atoms with Gasteiger partial charge in [0.2, 0.25) is 5.22 Å². The molecule has 1 aliphatic rings. The molecule has 0 aliphatic heterocycles. The smallest absolute Gasteiger partial charge is 0.258 e. The molecule has 1 aliphatic carbocycles. The van der Waals surface area contributed by atoms with E-state index in [1.807, 2.05) is 18.7 Å². The fourth-order valence-electron chi connectivity index (χ4n) is 1.71. The summed E-state index contributed by atoms with van der Waals surface area (Å²) in [5.41, 5.74) is 0.469. The number of furan rings is 1. The highest BCUT2D eigenvalue weighted by atomic mass is 35.5. The molecular formula is C12H16ClNO2. The van der Waals surface area contributed by atoms with E-state index in [2.05, 4.69) is 0 Å². The summed E-state index contributed by atoms with van der Waals surface area (Å²) in [6.07, 6.45) is 3.91. The molecule has 0 atom stereocenters. The van der Waals surface area contributed by atoms with Gasteiger partial charge in [-0.3, -0.25) is 4.79 Å². The maximum absolute atomic E-state index is 12.2. The summed E-state index contributed by atoms with van der Waals surface area (Å²) in [5.74, 6) is 0.651. The maximum atomic E-state index is 12.2. The van der Waals surface area contributed by atoms with Crippen molar-refractivity contribution >= 4 is 17.5 Å². The van der Waals surface area contributed by atoms with Crippen molar-refractivity contribution in [2.75, 3.05) is 6.54 Å². The van der Waals surface area contributed by atoms with Gasteiger partial charge in [-0.05, 0) is 50.3 Å². The Hall–Kier alpha value is -0.960. The van der Waals surface area contributed by atoms with Gasteiger partial charge in [0.1, 0.15) is 0 Å². The predicted molar refractivity (Wildman–Crippen MR) is 62.6 cm³/mol. The molecule has 0 bridgehead atoms. The molecule has 1 fully saturated rings. The molecule has 0 N–H and O–H groups in total. The summed E-state index contributed by atoms with van der Waals surface area (Å²) in [6.45, 7) is 4.88. The zero-order chi connectivity index (χ0) is 11.7. The Labute approximate surface area is 100 Å². The molecule has 0 aromatic carbocycles. The van der Waals surface area contributed by atoms with Crippen molar-refractivity contribution < 1.29 is 9.21 Å². The van der Waals surface area contributed by atoms with Crippen LogP contribution in [0.15, 0.2) is 16.7 Å². The second kappa shape index (κ2) is 4.50. The van der Waals surface area contributed by atoms with E-state index in [1.54, 1.807) is 6.07 Å². The molecule has 0 unspecified atom stereocenters. The van der Waals surface area contributed by atoms with Gasteiger partial charge >= 0.3 is 0 Å². The predicted octanol–water partition coefficient (Wildman–Crippen LogP) is 3.19. The van der Waals surface area contributed by atoms with Crippen LogP contribution in [0.1, 0.15) is 37.0 Å². The van der Waals surface area contributed by atoms with Gasteiger partial charge in [-0.15, -0.1) is 0 Å². The Bertz CT molecular complexity index is 382. The van der Waals surface area contributed by atoms with E-state index in [4.69, 9.17) is 16.0 Å². The molecule has 88 valence electrons. The fourth-order valence-corrected chi connectivity index (χ4v) is 1.90. The molecule has 16 heavy (non-hydrogen) atoms. The number of carbonyl (C=O) groups excluding carboxylic acids is 1. The van der Waals surface area contributed by atoms with Gasteiger partial charge in [0.05, 0.1) is 11.8 Å². The van der Waals surface area contributed by atoms with Crippen molar-refractivity contribution in [3.8, 4) is 0 Å². The van der Waals surface area contributed by atoms with Crippen LogP contribution in [0.3, 0.4) is 0 Å². The Morgan fingerprint density at radius 3 is 2.75 bits per heavy atom. The van der Waals surface area contributed by atoms with E-state index in [0.29, 0.717) is 11.5 Å². The maximum Gasteiger partial charge on any atom is 0.258 e. The lowest BCUT2D eigenvalue weighted by atomic mass is 10.2. The van der Waals surface area contributed by atoms with E-state index in [9.17, 15) is 4.79 Å². The Morgan fingerprint density at radius 1 is 1.62 bits per heavy atom. The van der Waals surface area contributed by atoms with Gasteiger partial charge in [-0.1, -0.05) is 0 Å².